The summed E-state index contributed by atoms with van der Waals surface area (Å²) in [4.78, 5) is 1.93. The van der Waals surface area contributed by atoms with Crippen LogP contribution in [0.2, 0.25) is 0 Å². The lowest BCUT2D eigenvalue weighted by Gasteiger charge is -2.20. The molecule has 1 nitrogen and oxygen atoms in total. The first-order valence-corrected chi connectivity index (χ1v) is 5.88. The Morgan fingerprint density at radius 2 is 1.76 bits per heavy atom. The zero-order valence-electron chi connectivity index (χ0n) is 9.53. The second kappa shape index (κ2) is 5.19. The maximum atomic E-state index is 13.4. The standard InChI is InChI=1S/C14H13ClFN/c1-17(13-5-3-2-4-6-13)14-8-11(10-15)7-12(16)9-14/h2-9H,10H2,1H3. The van der Waals surface area contributed by atoms with Gasteiger partial charge in [0, 0.05) is 24.3 Å². The van der Waals surface area contributed by atoms with Gasteiger partial charge in [0.25, 0.3) is 0 Å². The smallest absolute Gasteiger partial charge is 0.125 e. The summed E-state index contributed by atoms with van der Waals surface area (Å²) in [6.45, 7) is 0. The molecule has 2 aromatic rings. The average Bonchev–Trinajstić information content (AvgIpc) is 2.38. The fourth-order valence-electron chi connectivity index (χ4n) is 1.70. The van der Waals surface area contributed by atoms with Crippen molar-refractivity contribution in [2.75, 3.05) is 11.9 Å². The van der Waals surface area contributed by atoms with Crippen LogP contribution in [0, 0.1) is 5.82 Å². The second-order valence-corrected chi connectivity index (χ2v) is 4.11. The summed E-state index contributed by atoms with van der Waals surface area (Å²) >= 11 is 5.74. The van der Waals surface area contributed by atoms with Crippen LogP contribution in [-0.2, 0) is 5.88 Å². The van der Waals surface area contributed by atoms with Crippen molar-refractivity contribution >= 4 is 23.0 Å². The number of alkyl halides is 1. The lowest BCUT2D eigenvalue weighted by molar-refractivity contribution is 0.626. The van der Waals surface area contributed by atoms with E-state index in [9.17, 15) is 4.39 Å². The molecule has 0 aliphatic carbocycles. The Hall–Kier alpha value is -1.54. The van der Waals surface area contributed by atoms with Crippen LogP contribution in [0.3, 0.4) is 0 Å². The number of halogens is 2. The first kappa shape index (κ1) is 11.9. The molecule has 0 heterocycles. The first-order valence-electron chi connectivity index (χ1n) is 5.35. The molecular formula is C14H13ClFN. The Balaban J connectivity index is 2.37. The minimum atomic E-state index is -0.263. The van der Waals surface area contributed by atoms with E-state index in [1.54, 1.807) is 0 Å². The number of nitrogens with zero attached hydrogens (tertiary/aromatic N) is 1. The second-order valence-electron chi connectivity index (χ2n) is 3.85. The first-order chi connectivity index (χ1) is 8.20. The lowest BCUT2D eigenvalue weighted by Crippen LogP contribution is -2.09. The number of hydrogen-bond acceptors (Lipinski definition) is 1. The van der Waals surface area contributed by atoms with Gasteiger partial charge in [0.05, 0.1) is 0 Å². The van der Waals surface area contributed by atoms with Crippen LogP contribution in [0.15, 0.2) is 48.5 Å². The molecule has 0 amide bonds. The van der Waals surface area contributed by atoms with Crippen molar-refractivity contribution in [2.24, 2.45) is 0 Å². The molecule has 0 saturated carbocycles. The largest absolute Gasteiger partial charge is 0.345 e. The summed E-state index contributed by atoms with van der Waals surface area (Å²) in [6, 6.07) is 14.7. The molecule has 0 aliphatic rings. The minimum absolute atomic E-state index is 0.263. The summed E-state index contributed by atoms with van der Waals surface area (Å²) in [5, 5.41) is 0. The Morgan fingerprint density at radius 1 is 1.06 bits per heavy atom. The monoisotopic (exact) mass is 249 g/mol. The predicted molar refractivity (Wildman–Crippen MR) is 70.5 cm³/mol. The molecule has 3 heteroatoms. The highest BCUT2D eigenvalue weighted by molar-refractivity contribution is 6.17. The summed E-state index contributed by atoms with van der Waals surface area (Å²) in [6.07, 6.45) is 0. The summed E-state index contributed by atoms with van der Waals surface area (Å²) in [7, 11) is 1.90. The van der Waals surface area contributed by atoms with E-state index >= 15 is 0 Å². The molecule has 0 aromatic heterocycles. The van der Waals surface area contributed by atoms with Gasteiger partial charge in [0.2, 0.25) is 0 Å². The molecule has 0 saturated heterocycles. The summed E-state index contributed by atoms with van der Waals surface area (Å²) in [5.74, 6) is 0.0499. The molecule has 0 spiro atoms. The number of benzene rings is 2. The number of para-hydroxylation sites is 1. The van der Waals surface area contributed by atoms with Gasteiger partial charge in [-0.25, -0.2) is 4.39 Å². The third-order valence-corrected chi connectivity index (χ3v) is 2.94. The van der Waals surface area contributed by atoms with E-state index in [0.29, 0.717) is 5.88 Å². The highest BCUT2D eigenvalue weighted by atomic mass is 35.5. The van der Waals surface area contributed by atoms with Crippen molar-refractivity contribution in [1.82, 2.24) is 0 Å². The maximum absolute atomic E-state index is 13.4. The van der Waals surface area contributed by atoms with Crippen molar-refractivity contribution in [2.45, 2.75) is 5.88 Å². The molecule has 0 unspecified atom stereocenters. The maximum Gasteiger partial charge on any atom is 0.125 e. The fourth-order valence-corrected chi connectivity index (χ4v) is 1.86. The van der Waals surface area contributed by atoms with Crippen molar-refractivity contribution < 1.29 is 4.39 Å². The Morgan fingerprint density at radius 3 is 2.41 bits per heavy atom. The lowest BCUT2D eigenvalue weighted by atomic mass is 10.2. The van der Waals surface area contributed by atoms with E-state index in [1.807, 2.05) is 48.3 Å². The zero-order valence-corrected chi connectivity index (χ0v) is 10.3. The van der Waals surface area contributed by atoms with Crippen LogP contribution in [0.4, 0.5) is 15.8 Å². The number of rotatable bonds is 3. The van der Waals surface area contributed by atoms with Crippen molar-refractivity contribution in [1.29, 1.82) is 0 Å². The van der Waals surface area contributed by atoms with Crippen LogP contribution in [0.5, 0.6) is 0 Å². The van der Waals surface area contributed by atoms with Crippen LogP contribution < -0.4 is 4.90 Å². The zero-order chi connectivity index (χ0) is 12.3. The topological polar surface area (TPSA) is 3.24 Å². The molecule has 0 fully saturated rings. The van der Waals surface area contributed by atoms with Crippen LogP contribution in [0.25, 0.3) is 0 Å². The SMILES string of the molecule is CN(c1ccccc1)c1cc(F)cc(CCl)c1. The van der Waals surface area contributed by atoms with E-state index in [2.05, 4.69) is 0 Å². The molecule has 0 aliphatic heterocycles. The summed E-state index contributed by atoms with van der Waals surface area (Å²) in [5.41, 5.74) is 2.59. The normalized spacial score (nSPS) is 10.3. The van der Waals surface area contributed by atoms with Gasteiger partial charge < -0.3 is 4.90 Å². The van der Waals surface area contributed by atoms with Gasteiger partial charge in [-0.2, -0.15) is 0 Å². The van der Waals surface area contributed by atoms with Gasteiger partial charge in [-0.15, -0.1) is 11.6 Å². The summed E-state index contributed by atoms with van der Waals surface area (Å²) < 4.78 is 13.4. The molecule has 0 N–H and O–H groups in total. The molecular weight excluding hydrogens is 237 g/mol. The van der Waals surface area contributed by atoms with Gasteiger partial charge in [0.1, 0.15) is 5.82 Å². The van der Waals surface area contributed by atoms with Crippen LogP contribution >= 0.6 is 11.6 Å². The van der Waals surface area contributed by atoms with Gasteiger partial charge in [0.15, 0.2) is 0 Å². The van der Waals surface area contributed by atoms with Crippen LogP contribution in [0.1, 0.15) is 5.56 Å². The van der Waals surface area contributed by atoms with Crippen molar-refractivity contribution in [3.8, 4) is 0 Å². The quantitative estimate of drug-likeness (QED) is 0.732. The predicted octanol–water partition coefficient (Wildman–Crippen LogP) is 4.33. The number of hydrogen-bond donors (Lipinski definition) is 0. The molecule has 0 atom stereocenters. The van der Waals surface area contributed by atoms with E-state index in [-0.39, 0.29) is 5.82 Å². The fraction of sp³-hybridized carbons (Fsp3) is 0.143. The Kier molecular flexibility index (Phi) is 3.64. The highest BCUT2D eigenvalue weighted by Crippen LogP contribution is 2.25. The van der Waals surface area contributed by atoms with Gasteiger partial charge >= 0.3 is 0 Å². The van der Waals surface area contributed by atoms with Gasteiger partial charge in [-0.3, -0.25) is 0 Å². The Bertz CT molecular complexity index is 499. The highest BCUT2D eigenvalue weighted by Gasteiger charge is 2.06. The van der Waals surface area contributed by atoms with Crippen molar-refractivity contribution in [3.63, 3.8) is 0 Å². The number of anilines is 2. The van der Waals surface area contributed by atoms with E-state index < -0.39 is 0 Å². The van der Waals surface area contributed by atoms with E-state index in [0.717, 1.165) is 16.9 Å². The van der Waals surface area contributed by atoms with Crippen LogP contribution in [-0.4, -0.2) is 7.05 Å². The molecule has 0 radical (unpaired) electrons. The van der Waals surface area contributed by atoms with E-state index in [4.69, 9.17) is 11.6 Å². The molecule has 2 rings (SSSR count). The van der Waals surface area contributed by atoms with Crippen molar-refractivity contribution in [3.05, 3.63) is 59.9 Å². The molecule has 88 valence electrons. The third kappa shape index (κ3) is 2.77. The third-order valence-electron chi connectivity index (χ3n) is 2.63. The average molecular weight is 250 g/mol. The Labute approximate surface area is 105 Å². The minimum Gasteiger partial charge on any atom is -0.345 e. The molecule has 2 aromatic carbocycles. The van der Waals surface area contributed by atoms with E-state index in [1.165, 1.54) is 12.1 Å². The molecule has 17 heavy (non-hydrogen) atoms. The van der Waals surface area contributed by atoms with Gasteiger partial charge in [-0.1, -0.05) is 18.2 Å². The molecule has 0 bridgehead atoms. The van der Waals surface area contributed by atoms with Gasteiger partial charge in [-0.05, 0) is 35.9 Å².